The van der Waals surface area contributed by atoms with E-state index in [4.69, 9.17) is 0 Å². The Morgan fingerprint density at radius 1 is 1.25 bits per heavy atom. The van der Waals surface area contributed by atoms with Crippen molar-refractivity contribution >= 4 is 22.6 Å². The topological polar surface area (TPSA) is 77.8 Å². The third kappa shape index (κ3) is 3.65. The fourth-order valence-electron chi connectivity index (χ4n) is 2.66. The number of pyridine rings is 1. The molecular weight excluding hydrogens is 300 g/mol. The number of carbonyl (C=O) groups excluding carboxylic acids is 1. The fourth-order valence-corrected chi connectivity index (χ4v) is 2.66. The Kier molecular flexibility index (Phi) is 4.66. The Balaban J connectivity index is 1.63. The quantitative estimate of drug-likeness (QED) is 0.801. The van der Waals surface area contributed by atoms with Crippen molar-refractivity contribution in [2.75, 3.05) is 18.4 Å². The maximum atomic E-state index is 11.6. The Morgan fingerprint density at radius 2 is 2.00 bits per heavy atom. The molecule has 0 atom stereocenters. The second-order valence-corrected chi connectivity index (χ2v) is 6.47. The summed E-state index contributed by atoms with van der Waals surface area (Å²) in [6.07, 6.45) is 2.85. The van der Waals surface area contributed by atoms with Crippen LogP contribution < -0.4 is 10.6 Å². The van der Waals surface area contributed by atoms with Gasteiger partial charge in [-0.2, -0.15) is 5.26 Å². The van der Waals surface area contributed by atoms with Gasteiger partial charge in [0.15, 0.2) is 0 Å². The van der Waals surface area contributed by atoms with Crippen LogP contribution >= 0.6 is 0 Å². The van der Waals surface area contributed by atoms with Gasteiger partial charge in [-0.1, -0.05) is 0 Å². The molecule has 0 saturated heterocycles. The molecule has 0 aliphatic heterocycles. The predicted octanol–water partition coefficient (Wildman–Crippen LogP) is 3.05. The molecule has 1 aromatic carbocycles. The number of hydrogen-bond acceptors (Lipinski definition) is 4. The third-order valence-corrected chi connectivity index (χ3v) is 4.44. The van der Waals surface area contributed by atoms with Gasteiger partial charge >= 0.3 is 0 Å². The maximum Gasteiger partial charge on any atom is 0.223 e. The number of nitrogens with zero attached hydrogens (tertiary/aromatic N) is 2. The van der Waals surface area contributed by atoms with Gasteiger partial charge in [0.05, 0.1) is 11.1 Å². The second kappa shape index (κ2) is 6.88. The molecule has 1 aliphatic carbocycles. The predicted molar refractivity (Wildman–Crippen MR) is 94.8 cm³/mol. The number of rotatable bonds is 6. The largest absolute Gasteiger partial charge is 0.369 e. The van der Waals surface area contributed by atoms with E-state index in [1.165, 1.54) is 11.1 Å². The van der Waals surface area contributed by atoms with Crippen LogP contribution in [0.5, 0.6) is 0 Å². The second-order valence-electron chi connectivity index (χ2n) is 6.47. The number of benzene rings is 1. The first kappa shape index (κ1) is 16.3. The molecule has 5 nitrogen and oxygen atoms in total. The molecule has 1 amide bonds. The number of hydrogen-bond donors (Lipinski definition) is 2. The molecule has 24 heavy (non-hydrogen) atoms. The summed E-state index contributed by atoms with van der Waals surface area (Å²) in [5.74, 6) is 1.03. The van der Waals surface area contributed by atoms with E-state index in [-0.39, 0.29) is 11.8 Å². The van der Waals surface area contributed by atoms with Crippen LogP contribution in [0, 0.1) is 31.1 Å². The molecular formula is C19H22N4O. The molecule has 0 radical (unpaired) electrons. The number of aromatic nitrogens is 1. The Bertz CT molecular complexity index is 818. The summed E-state index contributed by atoms with van der Waals surface area (Å²) in [7, 11) is 0. The molecule has 5 heteroatoms. The van der Waals surface area contributed by atoms with Gasteiger partial charge in [-0.15, -0.1) is 0 Å². The van der Waals surface area contributed by atoms with Crippen molar-refractivity contribution in [3.05, 3.63) is 34.9 Å². The van der Waals surface area contributed by atoms with Crippen LogP contribution in [-0.4, -0.2) is 24.0 Å². The highest BCUT2D eigenvalue weighted by Crippen LogP contribution is 2.28. The monoisotopic (exact) mass is 322 g/mol. The summed E-state index contributed by atoms with van der Waals surface area (Å²) < 4.78 is 0. The smallest absolute Gasteiger partial charge is 0.223 e. The van der Waals surface area contributed by atoms with Crippen molar-refractivity contribution in [2.24, 2.45) is 5.92 Å². The minimum atomic E-state index is 0.169. The van der Waals surface area contributed by atoms with E-state index < -0.39 is 0 Å². The molecule has 1 aromatic heterocycles. The number of carbonyl (C=O) groups is 1. The van der Waals surface area contributed by atoms with Crippen LogP contribution in [0.3, 0.4) is 0 Å². The minimum absolute atomic E-state index is 0.169. The van der Waals surface area contributed by atoms with Crippen LogP contribution in [0.4, 0.5) is 5.82 Å². The summed E-state index contributed by atoms with van der Waals surface area (Å²) in [6, 6.07) is 8.20. The summed E-state index contributed by atoms with van der Waals surface area (Å²) in [6.45, 7) is 5.44. The van der Waals surface area contributed by atoms with E-state index in [2.05, 4.69) is 41.6 Å². The zero-order valence-corrected chi connectivity index (χ0v) is 14.1. The van der Waals surface area contributed by atoms with Crippen molar-refractivity contribution in [3.8, 4) is 6.07 Å². The highest BCUT2D eigenvalue weighted by atomic mass is 16.2. The van der Waals surface area contributed by atoms with Gasteiger partial charge in [0.25, 0.3) is 0 Å². The fraction of sp³-hybridized carbons (Fsp3) is 0.421. The summed E-state index contributed by atoms with van der Waals surface area (Å²) in [5.41, 5.74) is 3.82. The highest BCUT2D eigenvalue weighted by molar-refractivity contribution is 5.84. The number of nitrogens with one attached hydrogen (secondary N) is 2. The molecule has 0 unspecified atom stereocenters. The molecule has 1 aliphatic rings. The number of amides is 1. The van der Waals surface area contributed by atoms with Gasteiger partial charge in [0, 0.05) is 24.4 Å². The lowest BCUT2D eigenvalue weighted by molar-refractivity contribution is -0.122. The summed E-state index contributed by atoms with van der Waals surface area (Å²) in [4.78, 5) is 16.2. The number of nitriles is 1. The van der Waals surface area contributed by atoms with Crippen LogP contribution in [0.2, 0.25) is 0 Å². The molecule has 1 fully saturated rings. The molecule has 0 bridgehead atoms. The maximum absolute atomic E-state index is 11.6. The van der Waals surface area contributed by atoms with Gasteiger partial charge < -0.3 is 10.6 Å². The molecule has 1 saturated carbocycles. The van der Waals surface area contributed by atoms with Crippen LogP contribution in [-0.2, 0) is 4.79 Å². The van der Waals surface area contributed by atoms with Gasteiger partial charge in [-0.3, -0.25) is 4.79 Å². The van der Waals surface area contributed by atoms with Gasteiger partial charge in [0.1, 0.15) is 11.9 Å². The average molecular weight is 322 g/mol. The van der Waals surface area contributed by atoms with Crippen LogP contribution in [0.15, 0.2) is 18.2 Å². The lowest BCUT2D eigenvalue weighted by atomic mass is 10.0. The van der Waals surface area contributed by atoms with E-state index in [0.29, 0.717) is 24.5 Å². The van der Waals surface area contributed by atoms with E-state index >= 15 is 0 Å². The Morgan fingerprint density at radius 3 is 2.71 bits per heavy atom. The molecule has 1 heterocycles. The average Bonchev–Trinajstić information content (AvgIpc) is 3.40. The van der Waals surface area contributed by atoms with Crippen molar-refractivity contribution in [2.45, 2.75) is 33.1 Å². The zero-order chi connectivity index (χ0) is 17.1. The first-order valence-corrected chi connectivity index (χ1v) is 8.42. The van der Waals surface area contributed by atoms with Crippen molar-refractivity contribution < 1.29 is 4.79 Å². The van der Waals surface area contributed by atoms with Crippen molar-refractivity contribution in [3.63, 3.8) is 0 Å². The van der Waals surface area contributed by atoms with Gasteiger partial charge in [0.2, 0.25) is 5.91 Å². The number of aryl methyl sites for hydroxylation is 2. The molecule has 2 aromatic rings. The highest BCUT2D eigenvalue weighted by Gasteiger charge is 2.28. The van der Waals surface area contributed by atoms with Crippen molar-refractivity contribution in [1.29, 1.82) is 5.26 Å². The first-order valence-electron chi connectivity index (χ1n) is 8.42. The first-order chi connectivity index (χ1) is 11.6. The Hall–Kier alpha value is -2.61. The minimum Gasteiger partial charge on any atom is -0.369 e. The van der Waals surface area contributed by atoms with Crippen molar-refractivity contribution in [1.82, 2.24) is 10.3 Å². The van der Waals surface area contributed by atoms with Crippen LogP contribution in [0.1, 0.15) is 36.0 Å². The third-order valence-electron chi connectivity index (χ3n) is 4.44. The molecule has 0 spiro atoms. The lowest BCUT2D eigenvalue weighted by Crippen LogP contribution is -2.27. The number of anilines is 1. The zero-order valence-electron chi connectivity index (χ0n) is 14.1. The standard InChI is InChI=1S/C19H22N4O/c1-12-8-15-10-16(11-20)18(23-17(15)9-13(12)2)21-6-3-7-22-19(24)14-4-5-14/h8-10,14H,3-7H2,1-2H3,(H,21,23)(H,22,24). The van der Waals surface area contributed by atoms with E-state index in [1.54, 1.807) is 0 Å². The molecule has 2 N–H and O–H groups in total. The van der Waals surface area contributed by atoms with Crippen LogP contribution in [0.25, 0.3) is 10.9 Å². The number of fused-ring (bicyclic) bond motifs is 1. The molecule has 3 rings (SSSR count). The summed E-state index contributed by atoms with van der Waals surface area (Å²) in [5, 5.41) is 16.5. The Labute approximate surface area is 142 Å². The van der Waals surface area contributed by atoms with Gasteiger partial charge in [-0.05, 0) is 62.4 Å². The van der Waals surface area contributed by atoms with E-state index in [9.17, 15) is 10.1 Å². The SMILES string of the molecule is Cc1cc2cc(C#N)c(NCCCNC(=O)C3CC3)nc2cc1C. The summed E-state index contributed by atoms with van der Waals surface area (Å²) >= 11 is 0. The lowest BCUT2D eigenvalue weighted by Gasteiger charge is -2.10. The normalized spacial score (nSPS) is 13.5. The van der Waals surface area contributed by atoms with Gasteiger partial charge in [-0.25, -0.2) is 4.98 Å². The van der Waals surface area contributed by atoms with E-state index in [0.717, 1.165) is 30.2 Å². The van der Waals surface area contributed by atoms with E-state index in [1.807, 2.05) is 12.1 Å². The molecule has 124 valence electrons.